The average Bonchev–Trinajstić information content (AvgIpc) is 2.98. The van der Waals surface area contributed by atoms with Crippen LogP contribution in [0.25, 0.3) is 0 Å². The van der Waals surface area contributed by atoms with Crippen molar-refractivity contribution in [3.8, 4) is 0 Å². The maximum absolute atomic E-state index is 13.0. The standard InChI is InChI=1S/C23H24N2O3/c1-15(16-8-4-2-5-9-16)25-22(27)19-13-12-17(14-20(19)23(25)28)21(26)24-18-10-6-3-7-11-18/h2,4-5,8-9,12-15,18H,3,6-7,10-11H2,1H3,(H,24,26). The highest BCUT2D eigenvalue weighted by Crippen LogP contribution is 2.31. The van der Waals surface area contributed by atoms with Crippen LogP contribution in [-0.4, -0.2) is 28.7 Å². The third-order valence-electron chi connectivity index (χ3n) is 5.79. The second-order valence-corrected chi connectivity index (χ2v) is 7.64. The van der Waals surface area contributed by atoms with Crippen LogP contribution in [0.3, 0.4) is 0 Å². The van der Waals surface area contributed by atoms with E-state index in [1.807, 2.05) is 37.3 Å². The molecule has 2 aromatic carbocycles. The van der Waals surface area contributed by atoms with Crippen molar-refractivity contribution in [2.24, 2.45) is 0 Å². The number of carbonyl (C=O) groups is 3. The summed E-state index contributed by atoms with van der Waals surface area (Å²) in [7, 11) is 0. The zero-order chi connectivity index (χ0) is 19.7. The second kappa shape index (κ2) is 7.58. The molecule has 2 aromatic rings. The molecule has 0 radical (unpaired) electrons. The van der Waals surface area contributed by atoms with Crippen molar-refractivity contribution < 1.29 is 14.4 Å². The van der Waals surface area contributed by atoms with Gasteiger partial charge < -0.3 is 5.32 Å². The first-order valence-electron chi connectivity index (χ1n) is 9.94. The fourth-order valence-corrected chi connectivity index (χ4v) is 4.15. The average molecular weight is 376 g/mol. The van der Waals surface area contributed by atoms with E-state index in [2.05, 4.69) is 5.32 Å². The van der Waals surface area contributed by atoms with E-state index in [0.717, 1.165) is 31.2 Å². The quantitative estimate of drug-likeness (QED) is 0.817. The molecule has 0 aromatic heterocycles. The van der Waals surface area contributed by atoms with Crippen LogP contribution >= 0.6 is 0 Å². The molecule has 1 heterocycles. The topological polar surface area (TPSA) is 66.5 Å². The molecule has 3 amide bonds. The monoisotopic (exact) mass is 376 g/mol. The molecule has 0 saturated heterocycles. The molecule has 1 aliphatic carbocycles. The lowest BCUT2D eigenvalue weighted by atomic mass is 9.95. The van der Waals surface area contributed by atoms with Crippen molar-refractivity contribution in [3.63, 3.8) is 0 Å². The molecular formula is C23H24N2O3. The van der Waals surface area contributed by atoms with E-state index in [1.165, 1.54) is 11.3 Å². The smallest absolute Gasteiger partial charge is 0.262 e. The first-order chi connectivity index (χ1) is 13.6. The molecule has 5 nitrogen and oxygen atoms in total. The van der Waals surface area contributed by atoms with Gasteiger partial charge in [0.05, 0.1) is 17.2 Å². The Balaban J connectivity index is 1.56. The number of hydrogen-bond donors (Lipinski definition) is 1. The molecule has 0 bridgehead atoms. The van der Waals surface area contributed by atoms with Gasteiger partial charge in [-0.1, -0.05) is 49.6 Å². The Morgan fingerprint density at radius 1 is 0.964 bits per heavy atom. The zero-order valence-corrected chi connectivity index (χ0v) is 16.0. The van der Waals surface area contributed by atoms with Gasteiger partial charge in [0.2, 0.25) is 0 Å². The molecule has 28 heavy (non-hydrogen) atoms. The van der Waals surface area contributed by atoms with Gasteiger partial charge in [-0.25, -0.2) is 0 Å². The van der Waals surface area contributed by atoms with Crippen LogP contribution in [0, 0.1) is 0 Å². The predicted molar refractivity (Wildman–Crippen MR) is 106 cm³/mol. The van der Waals surface area contributed by atoms with Gasteiger partial charge in [-0.2, -0.15) is 0 Å². The maximum Gasteiger partial charge on any atom is 0.262 e. The Morgan fingerprint density at radius 2 is 1.64 bits per heavy atom. The van der Waals surface area contributed by atoms with Crippen LogP contribution in [0.4, 0.5) is 0 Å². The summed E-state index contributed by atoms with van der Waals surface area (Å²) in [6.45, 7) is 1.84. The number of nitrogens with zero attached hydrogens (tertiary/aromatic N) is 1. The highest BCUT2D eigenvalue weighted by Gasteiger charge is 2.39. The van der Waals surface area contributed by atoms with E-state index in [1.54, 1.807) is 18.2 Å². The number of carbonyl (C=O) groups excluding carboxylic acids is 3. The largest absolute Gasteiger partial charge is 0.349 e. The van der Waals surface area contributed by atoms with Gasteiger partial charge >= 0.3 is 0 Å². The molecular weight excluding hydrogens is 352 g/mol. The van der Waals surface area contributed by atoms with Crippen molar-refractivity contribution in [1.29, 1.82) is 0 Å². The summed E-state index contributed by atoms with van der Waals surface area (Å²) in [5, 5.41) is 3.06. The Morgan fingerprint density at radius 3 is 2.36 bits per heavy atom. The minimum Gasteiger partial charge on any atom is -0.349 e. The molecule has 1 unspecified atom stereocenters. The van der Waals surface area contributed by atoms with E-state index >= 15 is 0 Å². The Hall–Kier alpha value is -2.95. The summed E-state index contributed by atoms with van der Waals surface area (Å²) >= 11 is 0. The molecule has 2 aliphatic rings. The van der Waals surface area contributed by atoms with Crippen molar-refractivity contribution in [2.45, 2.75) is 51.1 Å². The van der Waals surface area contributed by atoms with E-state index in [-0.39, 0.29) is 29.8 Å². The number of rotatable bonds is 4. The first-order valence-corrected chi connectivity index (χ1v) is 9.94. The summed E-state index contributed by atoms with van der Waals surface area (Å²) in [6.07, 6.45) is 5.48. The SMILES string of the molecule is CC(c1ccccc1)N1C(=O)c2ccc(C(=O)NC3CCCCC3)cc2C1=O. The zero-order valence-electron chi connectivity index (χ0n) is 16.0. The Kier molecular flexibility index (Phi) is 4.99. The third-order valence-corrected chi connectivity index (χ3v) is 5.79. The Labute approximate surface area is 164 Å². The molecule has 4 rings (SSSR count). The third kappa shape index (κ3) is 3.33. The number of benzene rings is 2. The van der Waals surface area contributed by atoms with Gasteiger partial charge in [0.25, 0.3) is 17.7 Å². The van der Waals surface area contributed by atoms with Crippen LogP contribution in [0.15, 0.2) is 48.5 Å². The van der Waals surface area contributed by atoms with E-state index in [0.29, 0.717) is 16.7 Å². The number of nitrogens with one attached hydrogen (secondary N) is 1. The van der Waals surface area contributed by atoms with Crippen molar-refractivity contribution in [3.05, 3.63) is 70.8 Å². The van der Waals surface area contributed by atoms with Crippen LogP contribution < -0.4 is 5.32 Å². The number of hydrogen-bond acceptors (Lipinski definition) is 3. The fourth-order valence-electron chi connectivity index (χ4n) is 4.15. The lowest BCUT2D eigenvalue weighted by Gasteiger charge is -2.23. The molecule has 0 spiro atoms. The van der Waals surface area contributed by atoms with E-state index in [9.17, 15) is 14.4 Å². The predicted octanol–water partition coefficient (Wildman–Crippen LogP) is 4.11. The van der Waals surface area contributed by atoms with Crippen molar-refractivity contribution in [2.75, 3.05) is 0 Å². The van der Waals surface area contributed by atoms with E-state index < -0.39 is 0 Å². The summed E-state index contributed by atoms with van der Waals surface area (Å²) in [5.74, 6) is -0.830. The van der Waals surface area contributed by atoms with E-state index in [4.69, 9.17) is 0 Å². The highest BCUT2D eigenvalue weighted by atomic mass is 16.2. The number of fused-ring (bicyclic) bond motifs is 1. The van der Waals surface area contributed by atoms with Crippen LogP contribution in [0.1, 0.15) is 81.7 Å². The normalized spacial score (nSPS) is 18.1. The van der Waals surface area contributed by atoms with Crippen LogP contribution in [0.2, 0.25) is 0 Å². The lowest BCUT2D eigenvalue weighted by molar-refractivity contribution is 0.0595. The molecule has 1 aliphatic heterocycles. The molecule has 5 heteroatoms. The van der Waals surface area contributed by atoms with Gasteiger partial charge in [-0.15, -0.1) is 0 Å². The summed E-state index contributed by atoms with van der Waals surface area (Å²) < 4.78 is 0. The van der Waals surface area contributed by atoms with Gasteiger partial charge in [0.15, 0.2) is 0 Å². The minimum atomic E-state index is -0.367. The molecule has 144 valence electrons. The molecule has 1 saturated carbocycles. The van der Waals surface area contributed by atoms with Gasteiger partial charge in [-0.3, -0.25) is 19.3 Å². The van der Waals surface area contributed by atoms with Crippen LogP contribution in [0.5, 0.6) is 0 Å². The maximum atomic E-state index is 13.0. The summed E-state index contributed by atoms with van der Waals surface area (Å²) in [6, 6.07) is 14.1. The van der Waals surface area contributed by atoms with Gasteiger partial charge in [0, 0.05) is 11.6 Å². The number of imide groups is 1. The summed E-state index contributed by atoms with van der Waals surface area (Å²) in [5.41, 5.74) is 2.00. The van der Waals surface area contributed by atoms with Gasteiger partial charge in [0.1, 0.15) is 0 Å². The lowest BCUT2D eigenvalue weighted by Crippen LogP contribution is -2.36. The minimum absolute atomic E-state index is 0.176. The molecule has 1 atom stereocenters. The summed E-state index contributed by atoms with van der Waals surface area (Å²) in [4.78, 5) is 39.7. The van der Waals surface area contributed by atoms with Crippen molar-refractivity contribution in [1.82, 2.24) is 10.2 Å². The first kappa shape index (κ1) is 18.4. The second-order valence-electron chi connectivity index (χ2n) is 7.64. The Bertz CT molecular complexity index is 917. The fraction of sp³-hybridized carbons (Fsp3) is 0.348. The molecule has 1 fully saturated rings. The van der Waals surface area contributed by atoms with Gasteiger partial charge in [-0.05, 0) is 43.5 Å². The highest BCUT2D eigenvalue weighted by molar-refractivity contribution is 6.22. The number of amides is 3. The molecule has 1 N–H and O–H groups in total. The van der Waals surface area contributed by atoms with Crippen LogP contribution in [-0.2, 0) is 0 Å². The van der Waals surface area contributed by atoms with Crippen molar-refractivity contribution >= 4 is 17.7 Å².